The van der Waals surface area contributed by atoms with E-state index in [2.05, 4.69) is 13.8 Å². The Morgan fingerprint density at radius 2 is 2.00 bits per heavy atom. The summed E-state index contributed by atoms with van der Waals surface area (Å²) in [6, 6.07) is 0. The van der Waals surface area contributed by atoms with E-state index in [4.69, 9.17) is 4.74 Å². The van der Waals surface area contributed by atoms with Gasteiger partial charge in [-0.1, -0.05) is 13.8 Å². The van der Waals surface area contributed by atoms with Crippen LogP contribution in [0, 0.1) is 11.8 Å². The van der Waals surface area contributed by atoms with E-state index in [1.807, 2.05) is 6.92 Å². The van der Waals surface area contributed by atoms with Crippen LogP contribution in [0.25, 0.3) is 0 Å². The van der Waals surface area contributed by atoms with Gasteiger partial charge in [0.15, 0.2) is 0 Å². The van der Waals surface area contributed by atoms with Crippen molar-refractivity contribution in [3.63, 3.8) is 0 Å². The van der Waals surface area contributed by atoms with Crippen molar-refractivity contribution >= 4 is 5.78 Å². The van der Waals surface area contributed by atoms with Crippen LogP contribution in [0.3, 0.4) is 0 Å². The first kappa shape index (κ1) is 12.6. The highest BCUT2D eigenvalue weighted by Crippen LogP contribution is 2.17. The third-order valence-corrected chi connectivity index (χ3v) is 2.33. The van der Waals surface area contributed by atoms with Gasteiger partial charge in [0, 0.05) is 19.1 Å². The molecule has 0 rings (SSSR count). The molecule has 1 unspecified atom stereocenters. The Morgan fingerprint density at radius 3 is 2.38 bits per heavy atom. The van der Waals surface area contributed by atoms with Gasteiger partial charge >= 0.3 is 0 Å². The van der Waals surface area contributed by atoms with E-state index < -0.39 is 0 Å². The topological polar surface area (TPSA) is 26.3 Å². The SMILES string of the molecule is CCOCCCC(C(C)=O)C(C)C. The fourth-order valence-electron chi connectivity index (χ4n) is 1.56. The van der Waals surface area contributed by atoms with Gasteiger partial charge in [0.25, 0.3) is 0 Å². The van der Waals surface area contributed by atoms with E-state index in [0.717, 1.165) is 26.1 Å². The fourth-order valence-corrected chi connectivity index (χ4v) is 1.56. The second-order valence-electron chi connectivity index (χ2n) is 3.80. The van der Waals surface area contributed by atoms with Gasteiger partial charge in [-0.05, 0) is 32.6 Å². The normalized spacial score (nSPS) is 13.3. The number of ketones is 1. The third kappa shape index (κ3) is 5.81. The number of carbonyl (C=O) groups is 1. The summed E-state index contributed by atoms with van der Waals surface area (Å²) in [7, 11) is 0. The van der Waals surface area contributed by atoms with Crippen molar-refractivity contribution in [3.8, 4) is 0 Å². The van der Waals surface area contributed by atoms with E-state index >= 15 is 0 Å². The minimum Gasteiger partial charge on any atom is -0.382 e. The molecule has 0 aliphatic rings. The first-order valence-corrected chi connectivity index (χ1v) is 5.17. The number of hydrogen-bond donors (Lipinski definition) is 0. The molecule has 0 aromatic carbocycles. The summed E-state index contributed by atoms with van der Waals surface area (Å²) in [5.41, 5.74) is 0. The molecule has 0 radical (unpaired) electrons. The second-order valence-corrected chi connectivity index (χ2v) is 3.80. The van der Waals surface area contributed by atoms with Gasteiger partial charge in [-0.25, -0.2) is 0 Å². The van der Waals surface area contributed by atoms with Crippen LogP contribution in [0.2, 0.25) is 0 Å². The van der Waals surface area contributed by atoms with Crippen molar-refractivity contribution in [3.05, 3.63) is 0 Å². The molecule has 2 heteroatoms. The van der Waals surface area contributed by atoms with Gasteiger partial charge in [0.05, 0.1) is 0 Å². The smallest absolute Gasteiger partial charge is 0.133 e. The lowest BCUT2D eigenvalue weighted by atomic mass is 9.88. The van der Waals surface area contributed by atoms with Crippen molar-refractivity contribution in [1.82, 2.24) is 0 Å². The Labute approximate surface area is 81.7 Å². The standard InChI is InChI=1S/C11H22O2/c1-5-13-8-6-7-11(9(2)3)10(4)12/h9,11H,5-8H2,1-4H3. The minimum atomic E-state index is 0.223. The van der Waals surface area contributed by atoms with Crippen LogP contribution in [0.15, 0.2) is 0 Å². The average molecular weight is 186 g/mol. The Morgan fingerprint density at radius 1 is 1.38 bits per heavy atom. The predicted octanol–water partition coefficient (Wildman–Crippen LogP) is 2.66. The van der Waals surface area contributed by atoms with Crippen molar-refractivity contribution < 1.29 is 9.53 Å². The molecule has 0 saturated carbocycles. The lowest BCUT2D eigenvalue weighted by molar-refractivity contribution is -0.122. The summed E-state index contributed by atoms with van der Waals surface area (Å²) >= 11 is 0. The third-order valence-electron chi connectivity index (χ3n) is 2.33. The summed E-state index contributed by atoms with van der Waals surface area (Å²) in [4.78, 5) is 11.2. The van der Waals surface area contributed by atoms with Gasteiger partial charge in [-0.3, -0.25) is 4.79 Å². The molecule has 0 aromatic heterocycles. The van der Waals surface area contributed by atoms with E-state index in [0.29, 0.717) is 11.7 Å². The molecule has 0 spiro atoms. The van der Waals surface area contributed by atoms with E-state index in [-0.39, 0.29) is 5.92 Å². The monoisotopic (exact) mass is 186 g/mol. The molecule has 0 heterocycles. The Hall–Kier alpha value is -0.370. The number of carbonyl (C=O) groups excluding carboxylic acids is 1. The molecule has 0 fully saturated rings. The quantitative estimate of drug-likeness (QED) is 0.571. The summed E-state index contributed by atoms with van der Waals surface area (Å²) in [5, 5.41) is 0. The number of hydrogen-bond acceptors (Lipinski definition) is 2. The molecular formula is C11H22O2. The van der Waals surface area contributed by atoms with E-state index in [1.54, 1.807) is 6.92 Å². The first-order chi connectivity index (χ1) is 6.09. The Balaban J connectivity index is 3.64. The fraction of sp³-hybridized carbons (Fsp3) is 0.909. The Kier molecular flexibility index (Phi) is 6.87. The van der Waals surface area contributed by atoms with Gasteiger partial charge in [-0.15, -0.1) is 0 Å². The zero-order valence-electron chi connectivity index (χ0n) is 9.30. The molecule has 0 saturated heterocycles. The van der Waals surface area contributed by atoms with Crippen LogP contribution in [-0.4, -0.2) is 19.0 Å². The molecule has 0 bridgehead atoms. The van der Waals surface area contributed by atoms with Gasteiger partial charge in [-0.2, -0.15) is 0 Å². The number of ether oxygens (including phenoxy) is 1. The van der Waals surface area contributed by atoms with E-state index in [1.165, 1.54) is 0 Å². The first-order valence-electron chi connectivity index (χ1n) is 5.17. The van der Waals surface area contributed by atoms with Crippen molar-refractivity contribution in [2.24, 2.45) is 11.8 Å². The van der Waals surface area contributed by atoms with Crippen molar-refractivity contribution in [1.29, 1.82) is 0 Å². The van der Waals surface area contributed by atoms with Crippen LogP contribution in [0.1, 0.15) is 40.5 Å². The van der Waals surface area contributed by atoms with Gasteiger partial charge in [0.1, 0.15) is 5.78 Å². The zero-order valence-corrected chi connectivity index (χ0v) is 9.30. The summed E-state index contributed by atoms with van der Waals surface area (Å²) < 4.78 is 5.23. The molecule has 0 N–H and O–H groups in total. The maximum absolute atomic E-state index is 11.2. The molecule has 0 aliphatic carbocycles. The van der Waals surface area contributed by atoms with Crippen LogP contribution < -0.4 is 0 Å². The highest BCUT2D eigenvalue weighted by Gasteiger charge is 2.17. The zero-order chi connectivity index (χ0) is 10.3. The number of rotatable bonds is 7. The lowest BCUT2D eigenvalue weighted by Crippen LogP contribution is -2.18. The van der Waals surface area contributed by atoms with E-state index in [9.17, 15) is 4.79 Å². The largest absolute Gasteiger partial charge is 0.382 e. The van der Waals surface area contributed by atoms with Gasteiger partial charge < -0.3 is 4.74 Å². The second kappa shape index (κ2) is 7.07. The highest BCUT2D eigenvalue weighted by atomic mass is 16.5. The van der Waals surface area contributed by atoms with Crippen molar-refractivity contribution in [2.45, 2.75) is 40.5 Å². The maximum Gasteiger partial charge on any atom is 0.133 e. The van der Waals surface area contributed by atoms with Crippen LogP contribution in [-0.2, 0) is 9.53 Å². The molecule has 78 valence electrons. The Bertz CT molecular complexity index is 141. The molecule has 13 heavy (non-hydrogen) atoms. The van der Waals surface area contributed by atoms with Gasteiger partial charge in [0.2, 0.25) is 0 Å². The number of Topliss-reactive ketones (excluding diaryl/α,β-unsaturated/α-hetero) is 1. The molecule has 2 nitrogen and oxygen atoms in total. The minimum absolute atomic E-state index is 0.223. The van der Waals surface area contributed by atoms with Crippen LogP contribution >= 0.6 is 0 Å². The average Bonchev–Trinajstić information content (AvgIpc) is 2.02. The van der Waals surface area contributed by atoms with Crippen LogP contribution in [0.4, 0.5) is 0 Å². The highest BCUT2D eigenvalue weighted by molar-refractivity contribution is 5.78. The molecule has 0 amide bonds. The summed E-state index contributed by atoms with van der Waals surface area (Å²) in [6.07, 6.45) is 1.96. The van der Waals surface area contributed by atoms with Crippen LogP contribution in [0.5, 0.6) is 0 Å². The lowest BCUT2D eigenvalue weighted by Gasteiger charge is -2.17. The molecule has 1 atom stereocenters. The predicted molar refractivity (Wildman–Crippen MR) is 54.7 cm³/mol. The summed E-state index contributed by atoms with van der Waals surface area (Å²) in [5.74, 6) is 0.992. The summed E-state index contributed by atoms with van der Waals surface area (Å²) in [6.45, 7) is 9.44. The molecule has 0 aromatic rings. The molecule has 0 aliphatic heterocycles. The van der Waals surface area contributed by atoms with Crippen molar-refractivity contribution in [2.75, 3.05) is 13.2 Å². The molecular weight excluding hydrogens is 164 g/mol. The maximum atomic E-state index is 11.2.